The molecule has 1 saturated heterocycles. The summed E-state index contributed by atoms with van der Waals surface area (Å²) >= 11 is 0. The first kappa shape index (κ1) is 10.3. The van der Waals surface area contributed by atoms with Crippen molar-refractivity contribution in [2.45, 2.75) is 6.04 Å². The Morgan fingerprint density at radius 2 is 2.18 bits per heavy atom. The third-order valence-corrected chi connectivity index (χ3v) is 3.30. The molecule has 1 aliphatic heterocycles. The standard InChI is InChI=1S/C12H14N4O/c1-16(8-6-13-7-8)12(17)11-9-4-2-3-5-10(9)14-15-11/h2-5,8,13H,6-7H2,1H3,(H,14,15). The molecule has 2 heterocycles. The smallest absolute Gasteiger partial charge is 0.275 e. The van der Waals surface area contributed by atoms with Gasteiger partial charge in [-0.3, -0.25) is 9.89 Å². The summed E-state index contributed by atoms with van der Waals surface area (Å²) < 4.78 is 0. The highest BCUT2D eigenvalue weighted by Gasteiger charge is 2.28. The number of hydrogen-bond donors (Lipinski definition) is 2. The largest absolute Gasteiger partial charge is 0.335 e. The predicted octanol–water partition coefficient (Wildman–Crippen LogP) is 0.607. The van der Waals surface area contributed by atoms with Gasteiger partial charge in [0.2, 0.25) is 0 Å². The number of aromatic nitrogens is 2. The summed E-state index contributed by atoms with van der Waals surface area (Å²) in [6.45, 7) is 1.73. The number of carbonyl (C=O) groups excluding carboxylic acids is 1. The SMILES string of the molecule is CN(C(=O)c1n[nH]c2ccccc12)C1CNC1. The van der Waals surface area contributed by atoms with Crippen LogP contribution in [-0.4, -0.2) is 47.2 Å². The van der Waals surface area contributed by atoms with Crippen LogP contribution in [0.5, 0.6) is 0 Å². The molecule has 5 heteroatoms. The Morgan fingerprint density at radius 1 is 1.41 bits per heavy atom. The van der Waals surface area contributed by atoms with Crippen molar-refractivity contribution in [3.63, 3.8) is 0 Å². The average molecular weight is 230 g/mol. The Morgan fingerprint density at radius 3 is 2.88 bits per heavy atom. The number of nitrogens with one attached hydrogen (secondary N) is 2. The zero-order valence-electron chi connectivity index (χ0n) is 9.60. The fraction of sp³-hybridized carbons (Fsp3) is 0.333. The van der Waals surface area contributed by atoms with Gasteiger partial charge in [0.05, 0.1) is 11.6 Å². The maximum absolute atomic E-state index is 12.3. The van der Waals surface area contributed by atoms with E-state index in [9.17, 15) is 4.79 Å². The topological polar surface area (TPSA) is 61.0 Å². The van der Waals surface area contributed by atoms with Gasteiger partial charge in [0.25, 0.3) is 5.91 Å². The summed E-state index contributed by atoms with van der Waals surface area (Å²) in [5, 5.41) is 11.0. The first-order chi connectivity index (χ1) is 8.27. The van der Waals surface area contributed by atoms with E-state index in [0.717, 1.165) is 24.0 Å². The molecule has 0 saturated carbocycles. The summed E-state index contributed by atoms with van der Waals surface area (Å²) in [6.07, 6.45) is 0. The minimum Gasteiger partial charge on any atom is -0.335 e. The summed E-state index contributed by atoms with van der Waals surface area (Å²) in [4.78, 5) is 14.0. The molecular formula is C12H14N4O. The summed E-state index contributed by atoms with van der Waals surface area (Å²) in [5.74, 6) is -0.0195. The minimum atomic E-state index is -0.0195. The first-order valence-electron chi connectivity index (χ1n) is 5.68. The van der Waals surface area contributed by atoms with Gasteiger partial charge in [0.1, 0.15) is 0 Å². The molecule has 1 amide bonds. The third-order valence-electron chi connectivity index (χ3n) is 3.30. The quantitative estimate of drug-likeness (QED) is 0.794. The molecule has 0 atom stereocenters. The van der Waals surface area contributed by atoms with E-state index in [2.05, 4.69) is 15.5 Å². The molecule has 1 aliphatic rings. The van der Waals surface area contributed by atoms with Gasteiger partial charge in [-0.05, 0) is 6.07 Å². The van der Waals surface area contributed by atoms with Crippen LogP contribution in [0.2, 0.25) is 0 Å². The molecule has 2 aromatic rings. The van der Waals surface area contributed by atoms with E-state index in [1.165, 1.54) is 0 Å². The molecule has 0 bridgehead atoms. The molecular weight excluding hydrogens is 216 g/mol. The van der Waals surface area contributed by atoms with Crippen LogP contribution < -0.4 is 5.32 Å². The third kappa shape index (κ3) is 1.59. The second-order valence-electron chi connectivity index (χ2n) is 4.35. The average Bonchev–Trinajstić information content (AvgIpc) is 2.69. The number of carbonyl (C=O) groups is 1. The lowest BCUT2D eigenvalue weighted by Crippen LogP contribution is -2.57. The zero-order chi connectivity index (χ0) is 11.8. The van der Waals surface area contributed by atoms with Gasteiger partial charge in [0, 0.05) is 25.5 Å². The highest BCUT2D eigenvalue weighted by molar-refractivity contribution is 6.04. The summed E-state index contributed by atoms with van der Waals surface area (Å²) in [7, 11) is 1.83. The maximum Gasteiger partial charge on any atom is 0.275 e. The van der Waals surface area contributed by atoms with Crippen molar-refractivity contribution >= 4 is 16.8 Å². The molecule has 1 aromatic carbocycles. The highest BCUT2D eigenvalue weighted by atomic mass is 16.2. The van der Waals surface area contributed by atoms with E-state index < -0.39 is 0 Å². The lowest BCUT2D eigenvalue weighted by Gasteiger charge is -2.35. The van der Waals surface area contributed by atoms with Crippen LogP contribution in [0.15, 0.2) is 24.3 Å². The molecule has 0 spiro atoms. The number of nitrogens with zero attached hydrogens (tertiary/aromatic N) is 2. The molecule has 88 valence electrons. The highest BCUT2D eigenvalue weighted by Crippen LogP contribution is 2.17. The number of amides is 1. The second-order valence-corrected chi connectivity index (χ2v) is 4.35. The first-order valence-corrected chi connectivity index (χ1v) is 5.68. The maximum atomic E-state index is 12.3. The van der Waals surface area contributed by atoms with Crippen molar-refractivity contribution in [1.82, 2.24) is 20.4 Å². The molecule has 5 nitrogen and oxygen atoms in total. The molecule has 2 N–H and O–H groups in total. The Kier molecular flexibility index (Phi) is 2.33. The number of likely N-dealkylation sites (N-methyl/N-ethyl adjacent to an activating group) is 1. The predicted molar refractivity (Wildman–Crippen MR) is 64.8 cm³/mol. The van der Waals surface area contributed by atoms with E-state index in [0.29, 0.717) is 5.69 Å². The van der Waals surface area contributed by atoms with Gasteiger partial charge in [-0.2, -0.15) is 5.10 Å². The van der Waals surface area contributed by atoms with E-state index in [4.69, 9.17) is 0 Å². The van der Waals surface area contributed by atoms with Crippen LogP contribution in [0.25, 0.3) is 10.9 Å². The summed E-state index contributed by atoms with van der Waals surface area (Å²) in [5.41, 5.74) is 1.41. The normalized spacial score (nSPS) is 15.8. The number of hydrogen-bond acceptors (Lipinski definition) is 3. The van der Waals surface area contributed by atoms with Crippen molar-refractivity contribution in [3.8, 4) is 0 Å². The molecule has 1 fully saturated rings. The van der Waals surface area contributed by atoms with Crippen molar-refractivity contribution < 1.29 is 4.79 Å². The van der Waals surface area contributed by atoms with Crippen molar-refractivity contribution in [2.75, 3.05) is 20.1 Å². The Labute approximate surface area is 98.8 Å². The fourth-order valence-electron chi connectivity index (χ4n) is 2.01. The molecule has 17 heavy (non-hydrogen) atoms. The molecule has 0 radical (unpaired) electrons. The van der Waals surface area contributed by atoms with Crippen LogP contribution in [0.1, 0.15) is 10.5 Å². The van der Waals surface area contributed by atoms with E-state index >= 15 is 0 Å². The van der Waals surface area contributed by atoms with E-state index in [1.807, 2.05) is 31.3 Å². The van der Waals surface area contributed by atoms with Crippen LogP contribution in [0, 0.1) is 0 Å². The van der Waals surface area contributed by atoms with E-state index in [1.54, 1.807) is 4.90 Å². The van der Waals surface area contributed by atoms with Crippen molar-refractivity contribution in [3.05, 3.63) is 30.0 Å². The summed E-state index contributed by atoms with van der Waals surface area (Å²) in [6, 6.07) is 7.97. The number of H-pyrrole nitrogens is 1. The fourth-order valence-corrected chi connectivity index (χ4v) is 2.01. The monoisotopic (exact) mass is 230 g/mol. The zero-order valence-corrected chi connectivity index (χ0v) is 9.60. The lowest BCUT2D eigenvalue weighted by atomic mass is 10.1. The van der Waals surface area contributed by atoms with Gasteiger partial charge >= 0.3 is 0 Å². The van der Waals surface area contributed by atoms with Crippen molar-refractivity contribution in [1.29, 1.82) is 0 Å². The van der Waals surface area contributed by atoms with E-state index in [-0.39, 0.29) is 11.9 Å². The minimum absolute atomic E-state index is 0.0195. The molecule has 0 aliphatic carbocycles. The number of rotatable bonds is 2. The Balaban J connectivity index is 1.95. The van der Waals surface area contributed by atoms with Crippen LogP contribution in [0.3, 0.4) is 0 Å². The van der Waals surface area contributed by atoms with Gasteiger partial charge in [-0.25, -0.2) is 0 Å². The Hall–Kier alpha value is -1.88. The molecule has 1 aromatic heterocycles. The Bertz CT molecular complexity index is 558. The number of para-hydroxylation sites is 1. The lowest BCUT2D eigenvalue weighted by molar-refractivity contribution is 0.0677. The number of benzene rings is 1. The number of aromatic amines is 1. The van der Waals surface area contributed by atoms with Crippen LogP contribution in [-0.2, 0) is 0 Å². The second kappa shape index (κ2) is 3.85. The number of fused-ring (bicyclic) bond motifs is 1. The van der Waals surface area contributed by atoms with Crippen LogP contribution in [0.4, 0.5) is 0 Å². The van der Waals surface area contributed by atoms with Gasteiger partial charge < -0.3 is 10.2 Å². The van der Waals surface area contributed by atoms with Gasteiger partial charge in [-0.1, -0.05) is 18.2 Å². The van der Waals surface area contributed by atoms with Crippen molar-refractivity contribution in [2.24, 2.45) is 0 Å². The van der Waals surface area contributed by atoms with Gasteiger partial charge in [-0.15, -0.1) is 0 Å². The molecule has 3 rings (SSSR count). The van der Waals surface area contributed by atoms with Crippen LogP contribution >= 0.6 is 0 Å². The molecule has 0 unspecified atom stereocenters. The van der Waals surface area contributed by atoms with Gasteiger partial charge in [0.15, 0.2) is 5.69 Å².